The first-order valence-electron chi connectivity index (χ1n) is 6.41. The van der Waals surface area contributed by atoms with Crippen LogP contribution >= 0.6 is 11.3 Å². The molecule has 0 radical (unpaired) electrons. The van der Waals surface area contributed by atoms with Crippen molar-refractivity contribution >= 4 is 32.0 Å². The average molecular weight is 335 g/mol. The van der Waals surface area contributed by atoms with E-state index in [9.17, 15) is 23.6 Å². The van der Waals surface area contributed by atoms with E-state index in [1.165, 1.54) is 11.4 Å². The second kappa shape index (κ2) is 5.87. The number of nitro groups is 1. The molecule has 1 fully saturated rings. The van der Waals surface area contributed by atoms with Crippen molar-refractivity contribution in [1.29, 1.82) is 0 Å². The third kappa shape index (κ3) is 3.03. The quantitative estimate of drug-likeness (QED) is 0.629. The van der Waals surface area contributed by atoms with E-state index in [4.69, 9.17) is 0 Å². The largest absolute Gasteiger partial charge is 0.391 e. The maximum atomic E-state index is 12.5. The van der Waals surface area contributed by atoms with Crippen LogP contribution < -0.4 is 5.32 Å². The minimum Gasteiger partial charge on any atom is -0.391 e. The number of piperidine rings is 1. The van der Waals surface area contributed by atoms with Crippen molar-refractivity contribution in [3.63, 3.8) is 0 Å². The number of anilines is 1. The van der Waals surface area contributed by atoms with Crippen LogP contribution in [0.4, 0.5) is 10.7 Å². The predicted molar refractivity (Wildman–Crippen MR) is 79.1 cm³/mol. The molecule has 1 aromatic heterocycles. The van der Waals surface area contributed by atoms with Gasteiger partial charge in [0.2, 0.25) is 0 Å². The Labute approximate surface area is 126 Å². The van der Waals surface area contributed by atoms with Crippen LogP contribution in [0.5, 0.6) is 0 Å². The zero-order chi connectivity index (χ0) is 15.8. The van der Waals surface area contributed by atoms with E-state index in [0.717, 1.165) is 17.4 Å². The summed E-state index contributed by atoms with van der Waals surface area (Å²) in [5.74, 6) is 0.0435. The highest BCUT2D eigenvalue weighted by Gasteiger charge is 2.35. The van der Waals surface area contributed by atoms with Crippen LogP contribution in [-0.4, -0.2) is 49.0 Å². The number of aliphatic hydroxyl groups is 1. The molecule has 1 saturated heterocycles. The van der Waals surface area contributed by atoms with Crippen molar-refractivity contribution in [2.45, 2.75) is 23.7 Å². The Balaban J connectivity index is 2.34. The minimum atomic E-state index is -3.82. The number of β-amino-alcohol motifs (C(OH)–C–C–N with tert-alkyl or cyclic N) is 1. The van der Waals surface area contributed by atoms with E-state index in [2.05, 4.69) is 5.32 Å². The summed E-state index contributed by atoms with van der Waals surface area (Å²) in [5, 5.41) is 23.6. The SMILES string of the molecule is CNc1sc(S(=O)(=O)N2CCC(C)C(O)C2)cc1[N+](=O)[O-]. The second-order valence-corrected chi connectivity index (χ2v) is 8.20. The smallest absolute Gasteiger partial charge is 0.304 e. The van der Waals surface area contributed by atoms with E-state index in [-0.39, 0.29) is 27.4 Å². The third-order valence-corrected chi connectivity index (χ3v) is 7.05. The molecule has 118 valence electrons. The lowest BCUT2D eigenvalue weighted by Crippen LogP contribution is -2.45. The average Bonchev–Trinajstić information content (AvgIpc) is 2.86. The molecule has 2 N–H and O–H groups in total. The summed E-state index contributed by atoms with van der Waals surface area (Å²) in [6, 6.07) is 1.07. The van der Waals surface area contributed by atoms with Gasteiger partial charge in [0.1, 0.15) is 4.21 Å². The Kier molecular flexibility index (Phi) is 4.51. The molecule has 2 rings (SSSR count). The van der Waals surface area contributed by atoms with Crippen LogP contribution in [0.15, 0.2) is 10.3 Å². The maximum absolute atomic E-state index is 12.5. The van der Waals surface area contributed by atoms with Gasteiger partial charge in [0, 0.05) is 26.2 Å². The summed E-state index contributed by atoms with van der Waals surface area (Å²) >= 11 is 0.826. The van der Waals surface area contributed by atoms with Crippen LogP contribution in [0.2, 0.25) is 0 Å². The van der Waals surface area contributed by atoms with Crippen LogP contribution in [0.25, 0.3) is 0 Å². The summed E-state index contributed by atoms with van der Waals surface area (Å²) in [5.41, 5.74) is -0.257. The van der Waals surface area contributed by atoms with Crippen LogP contribution in [0, 0.1) is 16.0 Å². The van der Waals surface area contributed by atoms with Gasteiger partial charge in [-0.2, -0.15) is 4.31 Å². The predicted octanol–water partition coefficient (Wildman–Crippen LogP) is 1.09. The van der Waals surface area contributed by atoms with Crippen LogP contribution in [0.1, 0.15) is 13.3 Å². The number of thiophene rings is 1. The molecule has 21 heavy (non-hydrogen) atoms. The molecule has 10 heteroatoms. The first-order chi connectivity index (χ1) is 9.77. The maximum Gasteiger partial charge on any atom is 0.304 e. The molecule has 2 unspecified atom stereocenters. The van der Waals surface area contributed by atoms with Crippen molar-refractivity contribution in [1.82, 2.24) is 4.31 Å². The molecule has 0 amide bonds. The number of hydrogen-bond donors (Lipinski definition) is 2. The number of sulfonamides is 1. The molecule has 2 atom stereocenters. The molecule has 0 bridgehead atoms. The molecule has 1 aliphatic heterocycles. The highest BCUT2D eigenvalue weighted by Crippen LogP contribution is 2.38. The van der Waals surface area contributed by atoms with E-state index in [1.807, 2.05) is 6.92 Å². The van der Waals surface area contributed by atoms with Gasteiger partial charge in [-0.25, -0.2) is 8.42 Å². The molecule has 0 aliphatic carbocycles. The molecule has 1 aliphatic rings. The van der Waals surface area contributed by atoms with Crippen molar-refractivity contribution in [3.8, 4) is 0 Å². The van der Waals surface area contributed by atoms with E-state index in [0.29, 0.717) is 13.0 Å². The Bertz CT molecular complexity index is 642. The normalized spacial score (nSPS) is 24.0. The summed E-state index contributed by atoms with van der Waals surface area (Å²) in [6.45, 7) is 2.19. The van der Waals surface area contributed by atoms with Gasteiger partial charge in [-0.3, -0.25) is 10.1 Å². The number of nitrogens with one attached hydrogen (secondary N) is 1. The van der Waals surface area contributed by atoms with Crippen LogP contribution in [-0.2, 0) is 10.0 Å². The zero-order valence-corrected chi connectivity index (χ0v) is 13.3. The lowest BCUT2D eigenvalue weighted by molar-refractivity contribution is -0.383. The molecule has 0 saturated carbocycles. The van der Waals surface area contributed by atoms with Gasteiger partial charge in [0.05, 0.1) is 11.0 Å². The van der Waals surface area contributed by atoms with Gasteiger partial charge >= 0.3 is 5.69 Å². The second-order valence-electron chi connectivity index (χ2n) is 4.98. The molecule has 1 aromatic rings. The molecule has 0 aromatic carbocycles. The molecule has 8 nitrogen and oxygen atoms in total. The summed E-state index contributed by atoms with van der Waals surface area (Å²) in [4.78, 5) is 10.3. The number of rotatable bonds is 4. The lowest BCUT2D eigenvalue weighted by Gasteiger charge is -2.32. The fourth-order valence-electron chi connectivity index (χ4n) is 2.17. The monoisotopic (exact) mass is 335 g/mol. The standard InChI is InChI=1S/C11H17N3O5S2/c1-7-3-4-13(6-9(7)15)21(18,19)10-5-8(14(16)17)11(12-2)20-10/h5,7,9,12,15H,3-4,6H2,1-2H3. The van der Waals surface area contributed by atoms with E-state index >= 15 is 0 Å². The van der Waals surface area contributed by atoms with Crippen molar-refractivity contribution in [2.75, 3.05) is 25.5 Å². The Morgan fingerprint density at radius 2 is 2.24 bits per heavy atom. The highest BCUT2D eigenvalue weighted by molar-refractivity contribution is 7.91. The van der Waals surface area contributed by atoms with Gasteiger partial charge in [0.15, 0.2) is 5.00 Å². The first-order valence-corrected chi connectivity index (χ1v) is 8.67. The third-order valence-electron chi connectivity index (χ3n) is 3.59. The highest BCUT2D eigenvalue weighted by atomic mass is 32.2. The van der Waals surface area contributed by atoms with E-state index in [1.54, 1.807) is 0 Å². The van der Waals surface area contributed by atoms with E-state index < -0.39 is 21.1 Å². The Hall–Kier alpha value is -1.23. The molecule has 2 heterocycles. The van der Waals surface area contributed by atoms with Gasteiger partial charge in [-0.05, 0) is 12.3 Å². The summed E-state index contributed by atoms with van der Waals surface area (Å²) in [7, 11) is -2.31. The molecular weight excluding hydrogens is 318 g/mol. The van der Waals surface area contributed by atoms with Crippen LogP contribution in [0.3, 0.4) is 0 Å². The topological polar surface area (TPSA) is 113 Å². The van der Waals surface area contributed by atoms with Gasteiger partial charge < -0.3 is 10.4 Å². The van der Waals surface area contributed by atoms with Gasteiger partial charge in [0.25, 0.3) is 10.0 Å². The number of hydrogen-bond acceptors (Lipinski definition) is 7. The molecular formula is C11H17N3O5S2. The number of nitrogens with zero attached hydrogens (tertiary/aromatic N) is 2. The summed E-state index contributed by atoms with van der Waals surface area (Å²) in [6.07, 6.45) is -0.153. The Morgan fingerprint density at radius 3 is 2.71 bits per heavy atom. The Morgan fingerprint density at radius 1 is 1.57 bits per heavy atom. The fraction of sp³-hybridized carbons (Fsp3) is 0.636. The van der Waals surface area contributed by atoms with Gasteiger partial charge in [-0.15, -0.1) is 0 Å². The summed E-state index contributed by atoms with van der Waals surface area (Å²) < 4.78 is 26.1. The zero-order valence-electron chi connectivity index (χ0n) is 11.6. The molecule has 0 spiro atoms. The van der Waals surface area contributed by atoms with Crippen molar-refractivity contribution < 1.29 is 18.4 Å². The van der Waals surface area contributed by atoms with Gasteiger partial charge in [-0.1, -0.05) is 18.3 Å². The fourth-order valence-corrected chi connectivity index (χ4v) is 5.08. The minimum absolute atomic E-state index is 0.0179. The van der Waals surface area contributed by atoms with Crippen molar-refractivity contribution in [3.05, 3.63) is 16.2 Å². The number of aliphatic hydroxyl groups excluding tert-OH is 1. The first kappa shape index (κ1) is 16.1. The van der Waals surface area contributed by atoms with Crippen molar-refractivity contribution in [2.24, 2.45) is 5.92 Å². The lowest BCUT2D eigenvalue weighted by atomic mass is 9.98.